The van der Waals surface area contributed by atoms with E-state index in [1.54, 1.807) is 0 Å². The lowest BCUT2D eigenvalue weighted by Crippen LogP contribution is -2.47. The van der Waals surface area contributed by atoms with Crippen molar-refractivity contribution in [1.29, 1.82) is 0 Å². The zero-order chi connectivity index (χ0) is 22.0. The van der Waals surface area contributed by atoms with E-state index < -0.39 is 0 Å². The number of nitrogens with one attached hydrogen (secondary N) is 1. The molecular formula is C23H34N6S. The topological polar surface area (TPSA) is 70.3 Å². The highest BCUT2D eigenvalue weighted by molar-refractivity contribution is 7.80. The predicted octanol–water partition coefficient (Wildman–Crippen LogP) is 4.25. The lowest BCUT2D eigenvalue weighted by atomic mass is 9.89. The monoisotopic (exact) mass is 426 g/mol. The highest BCUT2D eigenvalue weighted by Crippen LogP contribution is 2.33. The molecule has 0 saturated heterocycles. The van der Waals surface area contributed by atoms with Gasteiger partial charge < -0.3 is 20.9 Å². The maximum Gasteiger partial charge on any atom is 0.171 e. The van der Waals surface area contributed by atoms with Gasteiger partial charge in [0.05, 0.1) is 0 Å². The highest BCUT2D eigenvalue weighted by atomic mass is 32.1. The van der Waals surface area contributed by atoms with Crippen LogP contribution in [-0.4, -0.2) is 41.3 Å². The van der Waals surface area contributed by atoms with Crippen LogP contribution in [0.15, 0.2) is 18.2 Å². The Balaban J connectivity index is 1.72. The second-order valence-corrected chi connectivity index (χ2v) is 9.08. The van der Waals surface area contributed by atoms with Gasteiger partial charge in [0.15, 0.2) is 5.11 Å². The summed E-state index contributed by atoms with van der Waals surface area (Å²) < 4.78 is 0. The molecule has 0 radical (unpaired) electrons. The largest absolute Gasteiger partial charge is 0.376 e. The molecule has 0 bridgehead atoms. The summed E-state index contributed by atoms with van der Waals surface area (Å²) in [6, 6.07) is 7.14. The van der Waals surface area contributed by atoms with Gasteiger partial charge in [0.1, 0.15) is 17.5 Å². The zero-order valence-electron chi connectivity index (χ0n) is 19.0. The summed E-state index contributed by atoms with van der Waals surface area (Å²) >= 11 is 5.49. The third-order valence-electron chi connectivity index (χ3n) is 5.81. The van der Waals surface area contributed by atoms with Crippen molar-refractivity contribution in [2.24, 2.45) is 5.73 Å². The van der Waals surface area contributed by atoms with E-state index in [-0.39, 0.29) is 0 Å². The molecule has 2 aromatic rings. The molecule has 7 heteroatoms. The summed E-state index contributed by atoms with van der Waals surface area (Å²) in [7, 11) is 3.99. The predicted molar refractivity (Wildman–Crippen MR) is 131 cm³/mol. The molecule has 0 amide bonds. The van der Waals surface area contributed by atoms with E-state index in [0.717, 1.165) is 43.1 Å². The number of benzene rings is 1. The molecule has 30 heavy (non-hydrogen) atoms. The first-order chi connectivity index (χ1) is 14.2. The number of nitrogens with zero attached hydrogens (tertiary/aromatic N) is 4. The highest BCUT2D eigenvalue weighted by Gasteiger charge is 2.29. The van der Waals surface area contributed by atoms with E-state index >= 15 is 0 Å². The number of aromatic nitrogens is 2. The fourth-order valence-electron chi connectivity index (χ4n) is 4.57. The SMILES string of the molecule is Cc1cc(C)c(N(C(N)=S)C2CCC(Nc3cc(N(C)C)nc(C)n3)CC2)c(C)c1. The molecule has 0 spiro atoms. The van der Waals surface area contributed by atoms with Crippen LogP contribution in [0, 0.1) is 27.7 Å². The fraction of sp³-hybridized carbons (Fsp3) is 0.522. The third-order valence-corrected chi connectivity index (χ3v) is 6.01. The van der Waals surface area contributed by atoms with E-state index in [1.165, 1.54) is 22.4 Å². The van der Waals surface area contributed by atoms with Crippen LogP contribution < -0.4 is 20.9 Å². The molecule has 0 aliphatic heterocycles. The average Bonchev–Trinajstić information content (AvgIpc) is 2.64. The Labute approximate surface area is 185 Å². The standard InChI is InChI=1S/C23H34N6S/c1-14-11-15(2)22(16(3)12-14)29(23(24)30)19-9-7-18(8-10-19)27-20-13-21(28(5)6)26-17(4)25-20/h11-13,18-19H,7-10H2,1-6H3,(H2,24,30)(H,25,26,27). The van der Waals surface area contributed by atoms with Gasteiger partial charge in [-0.2, -0.15) is 0 Å². The van der Waals surface area contributed by atoms with Gasteiger partial charge in [-0.05, 0) is 76.7 Å². The van der Waals surface area contributed by atoms with Gasteiger partial charge in [-0.15, -0.1) is 0 Å². The lowest BCUT2D eigenvalue weighted by Gasteiger charge is -2.39. The van der Waals surface area contributed by atoms with Crippen molar-refractivity contribution in [3.63, 3.8) is 0 Å². The molecule has 6 nitrogen and oxygen atoms in total. The number of rotatable bonds is 5. The first kappa shape index (κ1) is 22.3. The van der Waals surface area contributed by atoms with Crippen LogP contribution in [0.5, 0.6) is 0 Å². The van der Waals surface area contributed by atoms with E-state index in [4.69, 9.17) is 18.0 Å². The molecular weight excluding hydrogens is 392 g/mol. The molecule has 1 fully saturated rings. The van der Waals surface area contributed by atoms with Crippen LogP contribution in [0.2, 0.25) is 0 Å². The quantitative estimate of drug-likeness (QED) is 0.693. The number of anilines is 3. The summed E-state index contributed by atoms with van der Waals surface area (Å²) in [5.74, 6) is 2.59. The molecule has 1 aliphatic carbocycles. The molecule has 1 aromatic carbocycles. The van der Waals surface area contributed by atoms with Gasteiger partial charge in [0.2, 0.25) is 0 Å². The van der Waals surface area contributed by atoms with E-state index in [9.17, 15) is 0 Å². The van der Waals surface area contributed by atoms with Crippen molar-refractivity contribution in [2.45, 2.75) is 65.5 Å². The number of aryl methyl sites for hydroxylation is 4. The van der Waals surface area contributed by atoms with E-state index in [2.05, 4.69) is 53.1 Å². The number of hydrogen-bond acceptors (Lipinski definition) is 5. The Kier molecular flexibility index (Phi) is 6.81. The average molecular weight is 427 g/mol. The van der Waals surface area contributed by atoms with Gasteiger partial charge in [-0.1, -0.05) is 17.7 Å². The zero-order valence-corrected chi connectivity index (χ0v) is 19.8. The van der Waals surface area contributed by atoms with Crippen molar-refractivity contribution in [3.8, 4) is 0 Å². The minimum absolute atomic E-state index is 0.324. The van der Waals surface area contributed by atoms with Gasteiger partial charge in [0, 0.05) is 37.9 Å². The second kappa shape index (κ2) is 9.16. The summed E-state index contributed by atoms with van der Waals surface area (Å²) in [5, 5.41) is 4.08. The van der Waals surface area contributed by atoms with Crippen LogP contribution in [0.3, 0.4) is 0 Å². The Bertz CT molecular complexity index is 895. The number of nitrogens with two attached hydrogens (primary N) is 1. The molecule has 3 N–H and O–H groups in total. The van der Waals surface area contributed by atoms with Crippen LogP contribution in [0.1, 0.15) is 48.2 Å². The molecule has 1 aliphatic rings. The Morgan fingerprint density at radius 2 is 1.60 bits per heavy atom. The molecule has 0 unspecified atom stereocenters. The van der Waals surface area contributed by atoms with Crippen molar-refractivity contribution in [3.05, 3.63) is 40.7 Å². The number of thiocarbonyl (C=S) groups is 1. The number of hydrogen-bond donors (Lipinski definition) is 2. The molecule has 162 valence electrons. The summed E-state index contributed by atoms with van der Waals surface area (Å²) in [5.41, 5.74) is 11.1. The van der Waals surface area contributed by atoms with Crippen LogP contribution in [-0.2, 0) is 0 Å². The van der Waals surface area contributed by atoms with Crippen molar-refractivity contribution < 1.29 is 0 Å². The van der Waals surface area contributed by atoms with Crippen molar-refractivity contribution >= 4 is 34.7 Å². The molecule has 1 saturated carbocycles. The second-order valence-electron chi connectivity index (χ2n) is 8.66. The molecule has 0 atom stereocenters. The van der Waals surface area contributed by atoms with Crippen LogP contribution in [0.4, 0.5) is 17.3 Å². The van der Waals surface area contributed by atoms with E-state index in [1.807, 2.05) is 32.0 Å². The third kappa shape index (κ3) is 5.01. The van der Waals surface area contributed by atoms with Crippen molar-refractivity contribution in [2.75, 3.05) is 29.2 Å². The Morgan fingerprint density at radius 1 is 1.00 bits per heavy atom. The maximum absolute atomic E-state index is 6.22. The minimum atomic E-state index is 0.324. The van der Waals surface area contributed by atoms with Gasteiger partial charge in [-0.3, -0.25) is 0 Å². The molecule has 1 heterocycles. The molecule has 1 aromatic heterocycles. The van der Waals surface area contributed by atoms with Gasteiger partial charge in [-0.25, -0.2) is 9.97 Å². The Hall–Kier alpha value is -2.41. The molecule has 3 rings (SSSR count). The van der Waals surface area contributed by atoms with Gasteiger partial charge in [0.25, 0.3) is 0 Å². The smallest absolute Gasteiger partial charge is 0.171 e. The van der Waals surface area contributed by atoms with Crippen LogP contribution >= 0.6 is 12.2 Å². The van der Waals surface area contributed by atoms with Gasteiger partial charge >= 0.3 is 0 Å². The minimum Gasteiger partial charge on any atom is -0.376 e. The first-order valence-corrected chi connectivity index (χ1v) is 11.0. The first-order valence-electron chi connectivity index (χ1n) is 10.6. The maximum atomic E-state index is 6.22. The fourth-order valence-corrected chi connectivity index (χ4v) is 4.81. The van der Waals surface area contributed by atoms with Crippen molar-refractivity contribution in [1.82, 2.24) is 9.97 Å². The lowest BCUT2D eigenvalue weighted by molar-refractivity contribution is 0.409. The summed E-state index contributed by atoms with van der Waals surface area (Å²) in [6.07, 6.45) is 4.17. The van der Waals surface area contributed by atoms with Crippen LogP contribution in [0.25, 0.3) is 0 Å². The summed E-state index contributed by atoms with van der Waals surface area (Å²) in [6.45, 7) is 8.35. The van der Waals surface area contributed by atoms with E-state index in [0.29, 0.717) is 17.2 Å². The summed E-state index contributed by atoms with van der Waals surface area (Å²) in [4.78, 5) is 13.2. The normalized spacial score (nSPS) is 18.7. The Morgan fingerprint density at radius 3 is 2.13 bits per heavy atom.